The molecule has 0 bridgehead atoms. The summed E-state index contributed by atoms with van der Waals surface area (Å²) >= 11 is 0. The number of amides is 2. The van der Waals surface area contributed by atoms with Gasteiger partial charge in [0.2, 0.25) is 0 Å². The summed E-state index contributed by atoms with van der Waals surface area (Å²) in [4.78, 5) is 22.8. The molecular formula is C16H24N6O. The zero-order valence-corrected chi connectivity index (χ0v) is 13.9. The molecule has 1 aliphatic carbocycles. The Morgan fingerprint density at radius 3 is 2.70 bits per heavy atom. The Morgan fingerprint density at radius 2 is 2.13 bits per heavy atom. The van der Waals surface area contributed by atoms with Crippen molar-refractivity contribution in [1.82, 2.24) is 29.3 Å². The molecule has 1 N–H and O–H groups in total. The van der Waals surface area contributed by atoms with Crippen LogP contribution in [0.3, 0.4) is 0 Å². The van der Waals surface area contributed by atoms with Crippen molar-refractivity contribution in [3.05, 3.63) is 36.4 Å². The van der Waals surface area contributed by atoms with Crippen LogP contribution in [0.1, 0.15) is 30.5 Å². The number of nitrogens with zero attached hydrogens (tertiary/aromatic N) is 5. The summed E-state index contributed by atoms with van der Waals surface area (Å²) in [5, 5.41) is 3.15. The van der Waals surface area contributed by atoms with Crippen molar-refractivity contribution < 1.29 is 4.79 Å². The highest BCUT2D eigenvalue weighted by Gasteiger charge is 2.36. The van der Waals surface area contributed by atoms with Crippen molar-refractivity contribution in [3.63, 3.8) is 0 Å². The van der Waals surface area contributed by atoms with Crippen LogP contribution < -0.4 is 5.32 Å². The lowest BCUT2D eigenvalue weighted by Crippen LogP contribution is -2.42. The standard InChI is InChI=1S/C16H24N6O/c1-12-17-7-9-22(12)11-10-21(3)16(23)19-14(13-4-5-13)15-18-6-8-20(15)2/h6-9,13-14H,4-5,10-11H2,1-3H3,(H,19,23). The summed E-state index contributed by atoms with van der Waals surface area (Å²) in [6, 6.07) is -0.0531. The minimum atomic E-state index is -0.0531. The molecule has 2 amide bonds. The highest BCUT2D eigenvalue weighted by atomic mass is 16.2. The Hall–Kier alpha value is -2.31. The summed E-state index contributed by atoms with van der Waals surface area (Å²) in [5.41, 5.74) is 0. The highest BCUT2D eigenvalue weighted by molar-refractivity contribution is 5.74. The van der Waals surface area contributed by atoms with E-state index in [4.69, 9.17) is 0 Å². The third-order valence-electron chi connectivity index (χ3n) is 4.46. The lowest BCUT2D eigenvalue weighted by atomic mass is 10.1. The number of carbonyl (C=O) groups is 1. The third kappa shape index (κ3) is 3.55. The van der Waals surface area contributed by atoms with Gasteiger partial charge in [-0.15, -0.1) is 0 Å². The van der Waals surface area contributed by atoms with E-state index in [0.29, 0.717) is 12.5 Å². The maximum absolute atomic E-state index is 12.5. The van der Waals surface area contributed by atoms with Crippen LogP contribution in [0.5, 0.6) is 0 Å². The van der Waals surface area contributed by atoms with E-state index < -0.39 is 0 Å². The van der Waals surface area contributed by atoms with Crippen molar-refractivity contribution in [2.75, 3.05) is 13.6 Å². The molecule has 0 aliphatic heterocycles. The number of rotatable bonds is 6. The molecule has 1 aliphatic rings. The first-order chi connectivity index (χ1) is 11.1. The fraction of sp³-hybridized carbons (Fsp3) is 0.562. The topological polar surface area (TPSA) is 68.0 Å². The van der Waals surface area contributed by atoms with Gasteiger partial charge in [-0.05, 0) is 25.7 Å². The van der Waals surface area contributed by atoms with Crippen molar-refractivity contribution >= 4 is 6.03 Å². The number of aryl methyl sites for hydroxylation is 2. The molecule has 0 aromatic carbocycles. The van der Waals surface area contributed by atoms with Crippen LogP contribution >= 0.6 is 0 Å². The fourth-order valence-corrected chi connectivity index (χ4v) is 2.74. The lowest BCUT2D eigenvalue weighted by molar-refractivity contribution is 0.200. The number of urea groups is 1. The Balaban J connectivity index is 1.58. The molecule has 2 heterocycles. The van der Waals surface area contributed by atoms with Gasteiger partial charge in [0.25, 0.3) is 0 Å². The molecule has 7 heteroatoms. The summed E-state index contributed by atoms with van der Waals surface area (Å²) in [6.45, 7) is 3.34. The molecule has 2 aromatic rings. The van der Waals surface area contributed by atoms with E-state index in [1.165, 1.54) is 0 Å². The Kier molecular flexibility index (Phi) is 4.36. The molecule has 1 fully saturated rings. The lowest BCUT2D eigenvalue weighted by Gasteiger charge is -2.23. The maximum atomic E-state index is 12.5. The molecule has 23 heavy (non-hydrogen) atoms. The van der Waals surface area contributed by atoms with Gasteiger partial charge in [-0.2, -0.15) is 0 Å². The fourth-order valence-electron chi connectivity index (χ4n) is 2.74. The van der Waals surface area contributed by atoms with Gasteiger partial charge in [0.15, 0.2) is 0 Å². The number of carbonyl (C=O) groups excluding carboxylic acids is 1. The van der Waals surface area contributed by atoms with E-state index in [2.05, 4.69) is 15.3 Å². The Labute approximate surface area is 136 Å². The van der Waals surface area contributed by atoms with Crippen LogP contribution in [0.25, 0.3) is 0 Å². The number of imidazole rings is 2. The zero-order valence-electron chi connectivity index (χ0n) is 13.9. The van der Waals surface area contributed by atoms with Crippen LogP contribution in [0.4, 0.5) is 4.79 Å². The minimum absolute atomic E-state index is 0.0000638. The van der Waals surface area contributed by atoms with Crippen molar-refractivity contribution in [3.8, 4) is 0 Å². The number of nitrogens with one attached hydrogen (secondary N) is 1. The summed E-state index contributed by atoms with van der Waals surface area (Å²) in [7, 11) is 3.79. The van der Waals surface area contributed by atoms with E-state index in [-0.39, 0.29) is 12.1 Å². The van der Waals surface area contributed by atoms with Gasteiger partial charge in [0.05, 0.1) is 6.04 Å². The van der Waals surface area contributed by atoms with Gasteiger partial charge in [-0.3, -0.25) is 0 Å². The Bertz CT molecular complexity index is 672. The molecule has 2 aromatic heterocycles. The monoisotopic (exact) mass is 316 g/mol. The second kappa shape index (κ2) is 6.44. The SMILES string of the molecule is Cc1nccn1CCN(C)C(=O)NC(c1nccn1C)C1CC1. The summed E-state index contributed by atoms with van der Waals surface area (Å²) in [6.07, 6.45) is 9.71. The molecule has 3 rings (SSSR count). The van der Waals surface area contributed by atoms with Gasteiger partial charge in [-0.25, -0.2) is 14.8 Å². The molecular weight excluding hydrogens is 292 g/mol. The predicted octanol–water partition coefficient (Wildman–Crippen LogP) is 1.72. The number of aromatic nitrogens is 4. The largest absolute Gasteiger partial charge is 0.336 e. The van der Waals surface area contributed by atoms with Gasteiger partial charge >= 0.3 is 6.03 Å². The van der Waals surface area contributed by atoms with Gasteiger partial charge in [0.1, 0.15) is 11.6 Å². The maximum Gasteiger partial charge on any atom is 0.317 e. The van der Waals surface area contributed by atoms with Crippen molar-refractivity contribution in [2.45, 2.75) is 32.4 Å². The smallest absolute Gasteiger partial charge is 0.317 e. The van der Waals surface area contributed by atoms with Crippen LogP contribution in [-0.2, 0) is 13.6 Å². The first kappa shape index (κ1) is 15.6. The average molecular weight is 316 g/mol. The number of likely N-dealkylation sites (N-methyl/N-ethyl adjacent to an activating group) is 1. The molecule has 1 atom stereocenters. The van der Waals surface area contributed by atoms with E-state index in [1.807, 2.05) is 42.5 Å². The van der Waals surface area contributed by atoms with Crippen LogP contribution in [0, 0.1) is 12.8 Å². The van der Waals surface area contributed by atoms with Gasteiger partial charge < -0.3 is 19.4 Å². The second-order valence-electron chi connectivity index (χ2n) is 6.25. The molecule has 124 valence electrons. The van der Waals surface area contributed by atoms with E-state index in [1.54, 1.807) is 17.3 Å². The number of hydrogen-bond acceptors (Lipinski definition) is 3. The average Bonchev–Trinajstić information content (AvgIpc) is 3.16. The predicted molar refractivity (Wildman–Crippen MR) is 86.8 cm³/mol. The summed E-state index contributed by atoms with van der Waals surface area (Å²) in [5.74, 6) is 2.40. The molecule has 1 unspecified atom stereocenters. The van der Waals surface area contributed by atoms with E-state index in [9.17, 15) is 4.79 Å². The molecule has 1 saturated carbocycles. The molecule has 0 radical (unpaired) electrons. The van der Waals surface area contributed by atoms with Crippen LogP contribution in [-0.4, -0.2) is 43.6 Å². The quantitative estimate of drug-likeness (QED) is 0.882. The van der Waals surface area contributed by atoms with Gasteiger partial charge in [0, 0.05) is 52.0 Å². The second-order valence-corrected chi connectivity index (χ2v) is 6.25. The van der Waals surface area contributed by atoms with E-state index >= 15 is 0 Å². The Morgan fingerprint density at radius 1 is 1.39 bits per heavy atom. The van der Waals surface area contributed by atoms with Crippen molar-refractivity contribution in [2.24, 2.45) is 13.0 Å². The molecule has 7 nitrogen and oxygen atoms in total. The van der Waals surface area contributed by atoms with Crippen LogP contribution in [0.15, 0.2) is 24.8 Å². The normalized spacial score (nSPS) is 15.4. The third-order valence-corrected chi connectivity index (χ3v) is 4.46. The number of hydrogen-bond donors (Lipinski definition) is 1. The summed E-state index contributed by atoms with van der Waals surface area (Å²) < 4.78 is 4.03. The van der Waals surface area contributed by atoms with Crippen molar-refractivity contribution in [1.29, 1.82) is 0 Å². The molecule has 0 spiro atoms. The highest BCUT2D eigenvalue weighted by Crippen LogP contribution is 2.40. The first-order valence-electron chi connectivity index (χ1n) is 8.03. The van der Waals surface area contributed by atoms with E-state index in [0.717, 1.165) is 31.0 Å². The first-order valence-corrected chi connectivity index (χ1v) is 8.03. The van der Waals surface area contributed by atoms with Crippen LogP contribution in [0.2, 0.25) is 0 Å². The molecule has 0 saturated heterocycles. The minimum Gasteiger partial charge on any atom is -0.336 e. The zero-order chi connectivity index (χ0) is 16.4. The van der Waals surface area contributed by atoms with Gasteiger partial charge in [-0.1, -0.05) is 0 Å².